The molecule has 0 amide bonds. The quantitative estimate of drug-likeness (QED) is 0.528. The van der Waals surface area contributed by atoms with Crippen LogP contribution in [0.4, 0.5) is 5.69 Å². The van der Waals surface area contributed by atoms with Gasteiger partial charge in [-0.15, -0.1) is 0 Å². The van der Waals surface area contributed by atoms with Crippen molar-refractivity contribution in [1.82, 2.24) is 9.97 Å². The number of nitrogens with one attached hydrogen (secondary N) is 3. The lowest BCUT2D eigenvalue weighted by Gasteiger charge is -2.03. The molecule has 1 heterocycles. The van der Waals surface area contributed by atoms with Gasteiger partial charge in [0.05, 0.1) is 7.11 Å². The second-order valence-electron chi connectivity index (χ2n) is 2.10. The van der Waals surface area contributed by atoms with Crippen molar-refractivity contribution in [2.75, 3.05) is 12.4 Å². The van der Waals surface area contributed by atoms with Crippen molar-refractivity contribution in [3.63, 3.8) is 0 Å². The molecular formula is C6H7N3O3S. The van der Waals surface area contributed by atoms with Gasteiger partial charge in [0.1, 0.15) is 5.69 Å². The average molecular weight is 201 g/mol. The van der Waals surface area contributed by atoms with Gasteiger partial charge in [-0.3, -0.25) is 9.78 Å². The largest absolute Gasteiger partial charge is 0.474 e. The smallest absolute Gasteiger partial charge is 0.325 e. The van der Waals surface area contributed by atoms with Gasteiger partial charge in [0.15, 0.2) is 0 Å². The molecule has 7 heteroatoms. The Balaban J connectivity index is 2.97. The molecule has 0 aliphatic carbocycles. The molecule has 1 aromatic rings. The van der Waals surface area contributed by atoms with Crippen LogP contribution in [-0.2, 0) is 4.74 Å². The number of hydrogen-bond acceptors (Lipinski definition) is 4. The van der Waals surface area contributed by atoms with Gasteiger partial charge in [-0.25, -0.2) is 4.79 Å². The third-order valence-electron chi connectivity index (χ3n) is 1.24. The van der Waals surface area contributed by atoms with Gasteiger partial charge in [-0.05, 0) is 12.2 Å². The summed E-state index contributed by atoms with van der Waals surface area (Å²) in [5.41, 5.74) is -0.992. The molecule has 1 aromatic heterocycles. The van der Waals surface area contributed by atoms with E-state index in [9.17, 15) is 9.59 Å². The average Bonchev–Trinajstić information content (AvgIpc) is 2.09. The number of anilines is 1. The Morgan fingerprint density at radius 1 is 1.62 bits per heavy atom. The van der Waals surface area contributed by atoms with Crippen LogP contribution >= 0.6 is 12.2 Å². The first-order chi connectivity index (χ1) is 6.13. The lowest BCUT2D eigenvalue weighted by Crippen LogP contribution is -2.26. The maximum Gasteiger partial charge on any atom is 0.325 e. The van der Waals surface area contributed by atoms with Crippen LogP contribution in [0.2, 0.25) is 0 Å². The molecule has 1 rings (SSSR count). The summed E-state index contributed by atoms with van der Waals surface area (Å²) < 4.78 is 4.61. The summed E-state index contributed by atoms with van der Waals surface area (Å²) in [5, 5.41) is 2.54. The summed E-state index contributed by atoms with van der Waals surface area (Å²) in [6, 6.07) is 0. The first-order valence-corrected chi connectivity index (χ1v) is 3.71. The highest BCUT2D eigenvalue weighted by atomic mass is 32.1. The SMILES string of the molecule is COC(=S)Nc1c[nH]c(=O)[nH]c1=O. The predicted octanol–water partition coefficient (Wildman–Crippen LogP) is -0.594. The number of thiocarbonyl (C=S) groups is 1. The monoisotopic (exact) mass is 201 g/mol. The van der Waals surface area contributed by atoms with Crippen molar-refractivity contribution >= 4 is 23.1 Å². The van der Waals surface area contributed by atoms with E-state index in [2.05, 4.69) is 27.3 Å². The fraction of sp³-hybridized carbons (Fsp3) is 0.167. The Kier molecular flexibility index (Phi) is 2.80. The van der Waals surface area contributed by atoms with E-state index in [4.69, 9.17) is 0 Å². The van der Waals surface area contributed by atoms with Crippen molar-refractivity contribution in [1.29, 1.82) is 0 Å². The van der Waals surface area contributed by atoms with Crippen LogP contribution in [0.3, 0.4) is 0 Å². The molecule has 0 saturated carbocycles. The number of methoxy groups -OCH3 is 1. The second kappa shape index (κ2) is 3.85. The minimum Gasteiger partial charge on any atom is -0.474 e. The van der Waals surface area contributed by atoms with Crippen LogP contribution in [0, 0.1) is 0 Å². The molecule has 0 saturated heterocycles. The standard InChI is InChI=1S/C6H7N3O3S/c1-12-6(13)8-3-2-7-5(11)9-4(3)10/h2H,1H3,(H,8,13)(H2,7,9,10,11). The lowest BCUT2D eigenvalue weighted by atomic mass is 10.5. The third-order valence-corrected chi connectivity index (χ3v) is 1.51. The maximum absolute atomic E-state index is 11.0. The number of aromatic amines is 2. The zero-order valence-corrected chi connectivity index (χ0v) is 7.53. The summed E-state index contributed by atoms with van der Waals surface area (Å²) in [5.74, 6) is 0. The van der Waals surface area contributed by atoms with Crippen molar-refractivity contribution in [2.24, 2.45) is 0 Å². The molecule has 0 unspecified atom stereocenters. The van der Waals surface area contributed by atoms with E-state index in [0.717, 1.165) is 0 Å². The van der Waals surface area contributed by atoms with Gasteiger partial charge >= 0.3 is 5.69 Å². The molecule has 0 spiro atoms. The topological polar surface area (TPSA) is 87.0 Å². The summed E-state index contributed by atoms with van der Waals surface area (Å²) in [7, 11) is 1.37. The lowest BCUT2D eigenvalue weighted by molar-refractivity contribution is 0.413. The normalized spacial score (nSPS) is 9.31. The van der Waals surface area contributed by atoms with Crippen LogP contribution in [0.25, 0.3) is 0 Å². The molecule has 0 aliphatic rings. The Bertz CT molecular complexity index is 422. The number of ether oxygens (including phenoxy) is 1. The van der Waals surface area contributed by atoms with Gasteiger partial charge < -0.3 is 15.0 Å². The fourth-order valence-electron chi connectivity index (χ4n) is 0.664. The van der Waals surface area contributed by atoms with Crippen LogP contribution < -0.4 is 16.6 Å². The number of aromatic nitrogens is 2. The van der Waals surface area contributed by atoms with Gasteiger partial charge in [0.25, 0.3) is 10.7 Å². The van der Waals surface area contributed by atoms with Crippen LogP contribution in [0.5, 0.6) is 0 Å². The zero-order chi connectivity index (χ0) is 9.84. The molecular weight excluding hydrogens is 194 g/mol. The van der Waals surface area contributed by atoms with Crippen LogP contribution in [0.15, 0.2) is 15.8 Å². The highest BCUT2D eigenvalue weighted by molar-refractivity contribution is 7.80. The molecule has 0 atom stereocenters. The summed E-state index contributed by atoms with van der Waals surface area (Å²) in [4.78, 5) is 25.9. The van der Waals surface area contributed by atoms with E-state index < -0.39 is 11.2 Å². The first kappa shape index (κ1) is 9.46. The molecule has 13 heavy (non-hydrogen) atoms. The van der Waals surface area contributed by atoms with Crippen molar-refractivity contribution in [3.8, 4) is 0 Å². The zero-order valence-electron chi connectivity index (χ0n) is 6.71. The minimum absolute atomic E-state index is 0.0533. The minimum atomic E-state index is -0.570. The summed E-state index contributed by atoms with van der Waals surface area (Å²) in [6.07, 6.45) is 1.21. The van der Waals surface area contributed by atoms with Crippen LogP contribution in [0.1, 0.15) is 0 Å². The van der Waals surface area contributed by atoms with E-state index in [1.165, 1.54) is 13.3 Å². The highest BCUT2D eigenvalue weighted by Crippen LogP contribution is 1.92. The first-order valence-electron chi connectivity index (χ1n) is 3.30. The Labute approximate surface area is 77.9 Å². The van der Waals surface area contributed by atoms with Crippen molar-refractivity contribution in [2.45, 2.75) is 0 Å². The second-order valence-corrected chi connectivity index (χ2v) is 2.47. The number of rotatable bonds is 1. The molecule has 0 bridgehead atoms. The molecule has 3 N–H and O–H groups in total. The van der Waals surface area contributed by atoms with Gasteiger partial charge in [0, 0.05) is 6.20 Å². The summed E-state index contributed by atoms with van der Waals surface area (Å²) >= 11 is 4.65. The molecule has 0 aliphatic heterocycles. The Morgan fingerprint density at radius 2 is 2.31 bits per heavy atom. The van der Waals surface area contributed by atoms with Crippen molar-refractivity contribution < 1.29 is 4.74 Å². The van der Waals surface area contributed by atoms with Crippen LogP contribution in [-0.4, -0.2) is 22.3 Å². The Morgan fingerprint density at radius 3 is 2.85 bits per heavy atom. The Hall–Kier alpha value is -1.63. The molecule has 0 radical (unpaired) electrons. The maximum atomic E-state index is 11.0. The molecule has 70 valence electrons. The molecule has 0 fully saturated rings. The molecule has 0 aromatic carbocycles. The van der Waals surface area contributed by atoms with E-state index >= 15 is 0 Å². The third kappa shape index (κ3) is 2.41. The van der Waals surface area contributed by atoms with E-state index in [1.807, 2.05) is 4.98 Å². The predicted molar refractivity (Wildman–Crippen MR) is 50.9 cm³/mol. The van der Waals surface area contributed by atoms with Gasteiger partial charge in [-0.1, -0.05) is 0 Å². The summed E-state index contributed by atoms with van der Waals surface area (Å²) in [6.45, 7) is 0. The number of hydrogen-bond donors (Lipinski definition) is 3. The molecule has 6 nitrogen and oxygen atoms in total. The van der Waals surface area contributed by atoms with E-state index in [-0.39, 0.29) is 10.9 Å². The highest BCUT2D eigenvalue weighted by Gasteiger charge is 2.01. The van der Waals surface area contributed by atoms with Gasteiger partial charge in [0.2, 0.25) is 0 Å². The number of H-pyrrole nitrogens is 2. The van der Waals surface area contributed by atoms with E-state index in [1.54, 1.807) is 0 Å². The fourth-order valence-corrected chi connectivity index (χ4v) is 0.774. The van der Waals surface area contributed by atoms with E-state index in [0.29, 0.717) is 0 Å². The van der Waals surface area contributed by atoms with Crippen molar-refractivity contribution in [3.05, 3.63) is 27.0 Å². The van der Waals surface area contributed by atoms with Gasteiger partial charge in [-0.2, -0.15) is 0 Å².